The second-order valence-corrected chi connectivity index (χ2v) is 5.54. The van der Waals surface area contributed by atoms with Crippen molar-refractivity contribution in [3.05, 3.63) is 0 Å². The van der Waals surface area contributed by atoms with E-state index in [1.165, 1.54) is 0 Å². The number of terminal acetylenes is 1. The highest BCUT2D eigenvalue weighted by Gasteiger charge is 2.34. The minimum absolute atomic E-state index is 0.0794. The first-order chi connectivity index (χ1) is 6.91. The minimum atomic E-state index is -0.0794. The van der Waals surface area contributed by atoms with Crippen molar-refractivity contribution in [3.8, 4) is 12.3 Å². The smallest absolute Gasteiger partial charge is 0.0826 e. The van der Waals surface area contributed by atoms with Crippen molar-refractivity contribution in [3.63, 3.8) is 0 Å². The molecule has 1 fully saturated rings. The first-order valence-electron chi connectivity index (χ1n) is 5.90. The van der Waals surface area contributed by atoms with E-state index in [-0.39, 0.29) is 11.1 Å². The van der Waals surface area contributed by atoms with Crippen LogP contribution in [0.25, 0.3) is 0 Å². The van der Waals surface area contributed by atoms with Gasteiger partial charge >= 0.3 is 0 Å². The van der Waals surface area contributed by atoms with Gasteiger partial charge in [-0.15, -0.1) is 6.42 Å². The molecule has 0 aromatic rings. The molecule has 0 unspecified atom stereocenters. The van der Waals surface area contributed by atoms with E-state index in [1.54, 1.807) is 0 Å². The summed E-state index contributed by atoms with van der Waals surface area (Å²) in [5, 5.41) is 3.60. The zero-order valence-corrected chi connectivity index (χ0v) is 10.6. The Morgan fingerprint density at radius 3 is 2.20 bits per heavy atom. The van der Waals surface area contributed by atoms with Gasteiger partial charge in [0.1, 0.15) is 0 Å². The largest absolute Gasteiger partial charge is 0.303 e. The summed E-state index contributed by atoms with van der Waals surface area (Å²) in [5.41, 5.74) is 0.0185. The number of nitrogens with one attached hydrogen (secondary N) is 1. The van der Waals surface area contributed by atoms with Gasteiger partial charge in [-0.05, 0) is 40.2 Å². The third kappa shape index (κ3) is 3.52. The molecule has 0 spiro atoms. The molecule has 0 amide bonds. The average molecular weight is 208 g/mol. The number of likely N-dealkylation sites (tertiary alicyclic amines) is 1. The van der Waals surface area contributed by atoms with Crippen LogP contribution in [-0.4, -0.2) is 35.6 Å². The Bertz CT molecular complexity index is 236. The van der Waals surface area contributed by atoms with Gasteiger partial charge in [0, 0.05) is 18.6 Å². The minimum Gasteiger partial charge on any atom is -0.303 e. The summed E-state index contributed by atoms with van der Waals surface area (Å²) in [4.78, 5) is 2.46. The molecule has 15 heavy (non-hydrogen) atoms. The topological polar surface area (TPSA) is 15.3 Å². The Morgan fingerprint density at radius 1 is 1.33 bits per heavy atom. The first-order valence-corrected chi connectivity index (χ1v) is 5.90. The molecule has 0 saturated carbocycles. The molecule has 0 radical (unpaired) electrons. The molecule has 0 aliphatic carbocycles. The molecule has 2 nitrogen and oxygen atoms in total. The number of rotatable bonds is 2. The van der Waals surface area contributed by atoms with E-state index in [9.17, 15) is 0 Å². The summed E-state index contributed by atoms with van der Waals surface area (Å²) >= 11 is 0. The molecule has 0 aromatic heterocycles. The van der Waals surface area contributed by atoms with Gasteiger partial charge < -0.3 is 4.90 Å². The van der Waals surface area contributed by atoms with Crippen molar-refractivity contribution in [1.82, 2.24) is 10.2 Å². The molecule has 2 heteroatoms. The molecule has 86 valence electrons. The van der Waals surface area contributed by atoms with Crippen LogP contribution in [-0.2, 0) is 0 Å². The SMILES string of the molecule is C#CC1(NC(C)(C)C)CCN(CC)CC1. The summed E-state index contributed by atoms with van der Waals surface area (Å²) in [6.45, 7) is 12.1. The molecule has 1 aliphatic rings. The van der Waals surface area contributed by atoms with Crippen LogP contribution in [0.4, 0.5) is 0 Å². The van der Waals surface area contributed by atoms with E-state index < -0.39 is 0 Å². The van der Waals surface area contributed by atoms with Crippen molar-refractivity contribution in [2.45, 2.75) is 51.6 Å². The molecule has 0 atom stereocenters. The van der Waals surface area contributed by atoms with Crippen LogP contribution in [0.15, 0.2) is 0 Å². The number of piperidine rings is 1. The Balaban J connectivity index is 2.62. The average Bonchev–Trinajstić information content (AvgIpc) is 2.16. The van der Waals surface area contributed by atoms with Gasteiger partial charge in [-0.2, -0.15) is 0 Å². The van der Waals surface area contributed by atoms with Crippen molar-refractivity contribution in [2.75, 3.05) is 19.6 Å². The quantitative estimate of drug-likeness (QED) is 0.697. The summed E-state index contributed by atoms with van der Waals surface area (Å²) in [6.07, 6.45) is 7.83. The Labute approximate surface area is 94.4 Å². The summed E-state index contributed by atoms with van der Waals surface area (Å²) < 4.78 is 0. The van der Waals surface area contributed by atoms with Gasteiger partial charge in [0.15, 0.2) is 0 Å². The van der Waals surface area contributed by atoms with E-state index in [0.717, 1.165) is 32.5 Å². The van der Waals surface area contributed by atoms with Crippen LogP contribution in [0.5, 0.6) is 0 Å². The molecular weight excluding hydrogens is 184 g/mol. The summed E-state index contributed by atoms with van der Waals surface area (Å²) in [6, 6.07) is 0. The zero-order valence-electron chi connectivity index (χ0n) is 10.6. The van der Waals surface area contributed by atoms with E-state index >= 15 is 0 Å². The van der Waals surface area contributed by atoms with Crippen LogP contribution in [0.3, 0.4) is 0 Å². The maximum atomic E-state index is 5.70. The fourth-order valence-corrected chi connectivity index (χ4v) is 2.27. The Morgan fingerprint density at radius 2 is 1.87 bits per heavy atom. The maximum absolute atomic E-state index is 5.70. The number of hydrogen-bond acceptors (Lipinski definition) is 2. The second kappa shape index (κ2) is 4.55. The van der Waals surface area contributed by atoms with E-state index in [0.29, 0.717) is 0 Å². The highest BCUT2D eigenvalue weighted by atomic mass is 15.2. The third-order valence-electron chi connectivity index (χ3n) is 3.05. The van der Waals surface area contributed by atoms with Crippen molar-refractivity contribution < 1.29 is 0 Å². The number of hydrogen-bond donors (Lipinski definition) is 1. The monoisotopic (exact) mass is 208 g/mol. The van der Waals surface area contributed by atoms with Crippen LogP contribution in [0.1, 0.15) is 40.5 Å². The van der Waals surface area contributed by atoms with Gasteiger partial charge in [-0.1, -0.05) is 12.8 Å². The van der Waals surface area contributed by atoms with E-state index in [2.05, 4.69) is 43.8 Å². The van der Waals surface area contributed by atoms with Crippen molar-refractivity contribution in [2.24, 2.45) is 0 Å². The summed E-state index contributed by atoms with van der Waals surface area (Å²) in [7, 11) is 0. The Hall–Kier alpha value is -0.520. The van der Waals surface area contributed by atoms with Gasteiger partial charge in [0.25, 0.3) is 0 Å². The van der Waals surface area contributed by atoms with Crippen LogP contribution in [0, 0.1) is 12.3 Å². The van der Waals surface area contributed by atoms with Crippen LogP contribution < -0.4 is 5.32 Å². The van der Waals surface area contributed by atoms with Crippen molar-refractivity contribution in [1.29, 1.82) is 0 Å². The maximum Gasteiger partial charge on any atom is 0.0826 e. The second-order valence-electron chi connectivity index (χ2n) is 5.54. The van der Waals surface area contributed by atoms with Crippen molar-refractivity contribution >= 4 is 0 Å². The Kier molecular flexibility index (Phi) is 3.81. The molecule has 0 bridgehead atoms. The highest BCUT2D eigenvalue weighted by Crippen LogP contribution is 2.24. The van der Waals surface area contributed by atoms with E-state index in [1.807, 2.05) is 0 Å². The van der Waals surface area contributed by atoms with Crippen LogP contribution >= 0.6 is 0 Å². The predicted molar refractivity (Wildman–Crippen MR) is 65.8 cm³/mol. The number of nitrogens with zero attached hydrogens (tertiary/aromatic N) is 1. The first kappa shape index (κ1) is 12.5. The fourth-order valence-electron chi connectivity index (χ4n) is 2.27. The van der Waals surface area contributed by atoms with Gasteiger partial charge in [-0.3, -0.25) is 5.32 Å². The third-order valence-corrected chi connectivity index (χ3v) is 3.05. The lowest BCUT2D eigenvalue weighted by atomic mass is 9.86. The zero-order chi connectivity index (χ0) is 11.5. The standard InChI is InChI=1S/C13H24N2/c1-6-13(14-12(3,4)5)8-10-15(7-2)11-9-13/h1,14H,7-11H2,2-5H3. The summed E-state index contributed by atoms with van der Waals surface area (Å²) in [5.74, 6) is 2.98. The van der Waals surface area contributed by atoms with Gasteiger partial charge in [0.2, 0.25) is 0 Å². The molecule has 1 rings (SSSR count). The van der Waals surface area contributed by atoms with Gasteiger partial charge in [0.05, 0.1) is 5.54 Å². The van der Waals surface area contributed by atoms with Crippen LogP contribution in [0.2, 0.25) is 0 Å². The molecule has 1 N–H and O–H groups in total. The molecule has 1 saturated heterocycles. The van der Waals surface area contributed by atoms with E-state index in [4.69, 9.17) is 6.42 Å². The van der Waals surface area contributed by atoms with Gasteiger partial charge in [-0.25, -0.2) is 0 Å². The molecule has 1 heterocycles. The lowest BCUT2D eigenvalue weighted by Gasteiger charge is -2.42. The fraction of sp³-hybridized carbons (Fsp3) is 0.846. The normalized spacial score (nSPS) is 22.3. The highest BCUT2D eigenvalue weighted by molar-refractivity contribution is 5.16. The predicted octanol–water partition coefficient (Wildman–Crippen LogP) is 1.86. The molecule has 0 aromatic carbocycles. The molecule has 1 aliphatic heterocycles. The lowest BCUT2D eigenvalue weighted by Crippen LogP contribution is -2.58. The molecular formula is C13H24N2. The lowest BCUT2D eigenvalue weighted by molar-refractivity contribution is 0.153.